The van der Waals surface area contributed by atoms with E-state index in [1.165, 1.54) is 0 Å². The summed E-state index contributed by atoms with van der Waals surface area (Å²) in [4.78, 5) is 14.6. The Kier molecular flexibility index (Phi) is 5.05. The summed E-state index contributed by atoms with van der Waals surface area (Å²) >= 11 is 0. The molecule has 2 heterocycles. The topological polar surface area (TPSA) is 102 Å². The second-order valence-electron chi connectivity index (χ2n) is 6.04. The summed E-state index contributed by atoms with van der Waals surface area (Å²) in [7, 11) is 0. The van der Waals surface area contributed by atoms with Crippen molar-refractivity contribution in [1.29, 1.82) is 0 Å². The Balaban J connectivity index is 1.74. The van der Waals surface area contributed by atoms with E-state index in [-0.39, 0.29) is 18.0 Å². The van der Waals surface area contributed by atoms with Crippen LogP contribution in [-0.2, 0) is 4.79 Å². The number of nitrogens with two attached hydrogens (primary N) is 1. The molecule has 0 bridgehead atoms. The molecule has 3 rings (SSSR count). The molecular formula is C16H23N7O. The summed E-state index contributed by atoms with van der Waals surface area (Å²) in [6.07, 6.45) is 2.57. The first-order valence-electron chi connectivity index (χ1n) is 8.33. The number of hydrogen-bond donors (Lipinski definition) is 2. The van der Waals surface area contributed by atoms with Crippen LogP contribution in [0.15, 0.2) is 30.3 Å². The van der Waals surface area contributed by atoms with Crippen LogP contribution in [0.1, 0.15) is 26.2 Å². The molecule has 8 heteroatoms. The average molecular weight is 329 g/mol. The Morgan fingerprint density at radius 2 is 2.21 bits per heavy atom. The summed E-state index contributed by atoms with van der Waals surface area (Å²) in [5, 5.41) is 14.9. The fourth-order valence-electron chi connectivity index (χ4n) is 2.95. The number of para-hydroxylation sites is 1. The van der Waals surface area contributed by atoms with E-state index in [1.54, 1.807) is 4.68 Å². The van der Waals surface area contributed by atoms with Crippen LogP contribution in [0.4, 0.5) is 5.95 Å². The van der Waals surface area contributed by atoms with Crippen molar-refractivity contribution >= 4 is 11.9 Å². The van der Waals surface area contributed by atoms with Gasteiger partial charge in [0.2, 0.25) is 11.9 Å². The number of hydrogen-bond acceptors (Lipinski definition) is 6. The van der Waals surface area contributed by atoms with E-state index in [4.69, 9.17) is 5.73 Å². The molecule has 0 spiro atoms. The number of carbonyl (C=O) groups excluding carboxylic acids is 1. The second kappa shape index (κ2) is 7.39. The largest absolute Gasteiger partial charge is 0.341 e. The van der Waals surface area contributed by atoms with Crippen molar-refractivity contribution in [3.8, 4) is 5.69 Å². The number of nitrogens with zero attached hydrogens (tertiary/aromatic N) is 5. The summed E-state index contributed by atoms with van der Waals surface area (Å²) < 4.78 is 1.60. The highest BCUT2D eigenvalue weighted by Gasteiger charge is 2.28. The monoisotopic (exact) mass is 329 g/mol. The molecule has 0 saturated carbocycles. The molecule has 0 radical (unpaired) electrons. The van der Waals surface area contributed by atoms with Crippen molar-refractivity contribution < 1.29 is 4.79 Å². The van der Waals surface area contributed by atoms with Crippen LogP contribution in [0.5, 0.6) is 0 Å². The first-order chi connectivity index (χ1) is 11.7. The van der Waals surface area contributed by atoms with Gasteiger partial charge in [0.25, 0.3) is 0 Å². The molecule has 3 N–H and O–H groups in total. The van der Waals surface area contributed by atoms with Gasteiger partial charge in [0.15, 0.2) is 0 Å². The average Bonchev–Trinajstić information content (AvgIpc) is 3.08. The lowest BCUT2D eigenvalue weighted by atomic mass is 10.1. The third kappa shape index (κ3) is 3.53. The number of likely N-dealkylation sites (tertiary alicyclic amines) is 1. The van der Waals surface area contributed by atoms with Crippen molar-refractivity contribution in [2.75, 3.05) is 18.4 Å². The van der Waals surface area contributed by atoms with Gasteiger partial charge in [-0.1, -0.05) is 30.2 Å². The van der Waals surface area contributed by atoms with E-state index in [9.17, 15) is 4.79 Å². The predicted molar refractivity (Wildman–Crippen MR) is 90.6 cm³/mol. The minimum absolute atomic E-state index is 0.0512. The van der Waals surface area contributed by atoms with Crippen molar-refractivity contribution in [2.24, 2.45) is 5.73 Å². The molecule has 0 aliphatic carbocycles. The fourth-order valence-corrected chi connectivity index (χ4v) is 2.95. The number of aromatic nitrogens is 4. The molecule has 1 saturated heterocycles. The first-order valence-corrected chi connectivity index (χ1v) is 8.33. The normalized spacial score (nSPS) is 19.1. The zero-order valence-corrected chi connectivity index (χ0v) is 13.8. The lowest BCUT2D eigenvalue weighted by Gasteiger charge is -2.33. The van der Waals surface area contributed by atoms with Gasteiger partial charge in [0, 0.05) is 19.1 Å². The molecule has 1 fully saturated rings. The maximum atomic E-state index is 12.8. The zero-order valence-electron chi connectivity index (χ0n) is 13.8. The highest BCUT2D eigenvalue weighted by Crippen LogP contribution is 2.15. The summed E-state index contributed by atoms with van der Waals surface area (Å²) in [6.45, 7) is 3.34. The third-order valence-corrected chi connectivity index (χ3v) is 4.25. The van der Waals surface area contributed by atoms with Crippen LogP contribution in [0, 0.1) is 0 Å². The van der Waals surface area contributed by atoms with Gasteiger partial charge >= 0.3 is 0 Å². The van der Waals surface area contributed by atoms with Crippen molar-refractivity contribution in [3.63, 3.8) is 0 Å². The molecule has 1 aromatic carbocycles. The molecular weight excluding hydrogens is 306 g/mol. The Bertz CT molecular complexity index is 672. The summed E-state index contributed by atoms with van der Waals surface area (Å²) in [5.74, 6) is 0.512. The van der Waals surface area contributed by atoms with Gasteiger partial charge in [-0.3, -0.25) is 4.79 Å². The van der Waals surface area contributed by atoms with E-state index < -0.39 is 0 Å². The SMILES string of the molecule is CC[C@H](Nc1nnnn1-c1ccccc1)C(=O)N1CCC[C@@H](N)C1. The molecule has 1 amide bonds. The molecule has 0 unspecified atom stereocenters. The van der Waals surface area contributed by atoms with Crippen LogP contribution in [0.3, 0.4) is 0 Å². The molecule has 1 aliphatic heterocycles. The van der Waals surface area contributed by atoms with E-state index in [0.29, 0.717) is 18.9 Å². The third-order valence-electron chi connectivity index (χ3n) is 4.25. The van der Waals surface area contributed by atoms with Crippen molar-refractivity contribution in [2.45, 2.75) is 38.3 Å². The maximum Gasteiger partial charge on any atom is 0.248 e. The number of amides is 1. The first kappa shape index (κ1) is 16.4. The number of carbonyl (C=O) groups is 1. The van der Waals surface area contributed by atoms with Gasteiger partial charge in [-0.05, 0) is 41.8 Å². The minimum atomic E-state index is -0.372. The number of nitrogens with one attached hydrogen (secondary N) is 1. The number of tetrazole rings is 1. The van der Waals surface area contributed by atoms with E-state index >= 15 is 0 Å². The van der Waals surface area contributed by atoms with Gasteiger partial charge in [-0.2, -0.15) is 4.68 Å². The molecule has 1 aliphatic rings. The Labute approximate surface area is 141 Å². The van der Waals surface area contributed by atoms with Gasteiger partial charge in [0.05, 0.1) is 5.69 Å². The smallest absolute Gasteiger partial charge is 0.248 e. The second-order valence-corrected chi connectivity index (χ2v) is 6.04. The van der Waals surface area contributed by atoms with E-state index in [2.05, 4.69) is 20.8 Å². The van der Waals surface area contributed by atoms with Gasteiger partial charge in [-0.25, -0.2) is 0 Å². The van der Waals surface area contributed by atoms with Gasteiger partial charge in [0.1, 0.15) is 6.04 Å². The molecule has 8 nitrogen and oxygen atoms in total. The standard InChI is InChI=1S/C16H23N7O/c1-2-14(15(24)22-10-6-7-12(17)11-22)18-16-19-20-21-23(16)13-8-4-3-5-9-13/h3-5,8-9,12,14H,2,6-7,10-11,17H2,1H3,(H,18,19,21)/t12-,14+/m1/s1. The van der Waals surface area contributed by atoms with Crippen LogP contribution in [0.2, 0.25) is 0 Å². The lowest BCUT2D eigenvalue weighted by Crippen LogP contribution is -2.50. The number of piperidine rings is 1. The fraction of sp³-hybridized carbons (Fsp3) is 0.500. The van der Waals surface area contributed by atoms with Gasteiger partial charge in [-0.15, -0.1) is 0 Å². The molecule has 128 valence electrons. The van der Waals surface area contributed by atoms with Crippen LogP contribution in [0.25, 0.3) is 5.69 Å². The highest BCUT2D eigenvalue weighted by atomic mass is 16.2. The van der Waals surface area contributed by atoms with Crippen LogP contribution < -0.4 is 11.1 Å². The highest BCUT2D eigenvalue weighted by molar-refractivity contribution is 5.84. The zero-order chi connectivity index (χ0) is 16.9. The van der Waals surface area contributed by atoms with Crippen LogP contribution >= 0.6 is 0 Å². The van der Waals surface area contributed by atoms with Gasteiger partial charge < -0.3 is 16.0 Å². The Morgan fingerprint density at radius 3 is 2.92 bits per heavy atom. The Morgan fingerprint density at radius 1 is 1.42 bits per heavy atom. The van der Waals surface area contributed by atoms with Crippen molar-refractivity contribution in [1.82, 2.24) is 25.1 Å². The Hall–Kier alpha value is -2.48. The van der Waals surface area contributed by atoms with E-state index in [1.807, 2.05) is 42.2 Å². The lowest BCUT2D eigenvalue weighted by molar-refractivity contribution is -0.133. The van der Waals surface area contributed by atoms with E-state index in [0.717, 1.165) is 25.1 Å². The maximum absolute atomic E-state index is 12.8. The molecule has 2 aromatic rings. The number of benzene rings is 1. The number of rotatable bonds is 5. The summed E-state index contributed by atoms with van der Waals surface area (Å²) in [5.41, 5.74) is 6.83. The summed E-state index contributed by atoms with van der Waals surface area (Å²) in [6, 6.07) is 9.27. The number of anilines is 1. The molecule has 2 atom stereocenters. The van der Waals surface area contributed by atoms with Crippen molar-refractivity contribution in [3.05, 3.63) is 30.3 Å². The molecule has 1 aromatic heterocycles. The predicted octanol–water partition coefficient (Wildman–Crippen LogP) is 0.802. The van der Waals surface area contributed by atoms with Crippen LogP contribution in [-0.4, -0.2) is 56.2 Å². The quantitative estimate of drug-likeness (QED) is 0.841. The molecule has 24 heavy (non-hydrogen) atoms. The minimum Gasteiger partial charge on any atom is -0.341 e.